The van der Waals surface area contributed by atoms with Gasteiger partial charge in [0.1, 0.15) is 5.75 Å². The Morgan fingerprint density at radius 1 is 1.21 bits per heavy atom. The van der Waals surface area contributed by atoms with Gasteiger partial charge in [-0.2, -0.15) is 0 Å². The zero-order valence-corrected chi connectivity index (χ0v) is 17.3. The number of carbonyl (C=O) groups excluding carboxylic acids is 1. The van der Waals surface area contributed by atoms with Crippen LogP contribution in [0, 0.1) is 0 Å². The number of carbonyl (C=O) groups is 1. The van der Waals surface area contributed by atoms with E-state index in [1.54, 1.807) is 13.3 Å². The molecule has 146 valence electrons. The first-order valence-electron chi connectivity index (χ1n) is 8.93. The van der Waals surface area contributed by atoms with E-state index in [4.69, 9.17) is 16.3 Å². The molecule has 0 saturated heterocycles. The Balaban J connectivity index is 1.53. The van der Waals surface area contributed by atoms with Crippen LogP contribution in [0.4, 0.5) is 0 Å². The molecule has 2 aromatic carbocycles. The molecule has 0 saturated carbocycles. The number of ether oxygens (including phenoxy) is 1. The van der Waals surface area contributed by atoms with Crippen LogP contribution < -0.4 is 10.1 Å². The molecule has 5 nitrogen and oxygen atoms in total. The van der Waals surface area contributed by atoms with E-state index >= 15 is 0 Å². The third kappa shape index (κ3) is 5.30. The number of nitrogens with zero attached hydrogens (tertiary/aromatic N) is 2. The van der Waals surface area contributed by atoms with Crippen molar-refractivity contribution in [3.8, 4) is 11.4 Å². The van der Waals surface area contributed by atoms with E-state index in [9.17, 15) is 4.79 Å². The van der Waals surface area contributed by atoms with Crippen molar-refractivity contribution in [2.75, 3.05) is 13.7 Å². The average molecular weight is 416 g/mol. The Morgan fingerprint density at radius 3 is 2.61 bits per heavy atom. The molecule has 0 aliphatic heterocycles. The third-order valence-corrected chi connectivity index (χ3v) is 5.57. The van der Waals surface area contributed by atoms with E-state index in [2.05, 4.69) is 10.3 Å². The van der Waals surface area contributed by atoms with Gasteiger partial charge >= 0.3 is 0 Å². The fourth-order valence-electron chi connectivity index (χ4n) is 2.65. The molecule has 0 unspecified atom stereocenters. The van der Waals surface area contributed by atoms with Crippen LogP contribution in [0.15, 0.2) is 66.1 Å². The molecule has 0 spiro atoms. The molecule has 1 amide bonds. The predicted molar refractivity (Wildman–Crippen MR) is 114 cm³/mol. The number of thioether (sulfide) groups is 1. The lowest BCUT2D eigenvalue weighted by Crippen LogP contribution is -2.32. The second-order valence-electron chi connectivity index (χ2n) is 6.21. The summed E-state index contributed by atoms with van der Waals surface area (Å²) in [5.41, 5.74) is 2.11. The van der Waals surface area contributed by atoms with Gasteiger partial charge in [-0.05, 0) is 55.3 Å². The minimum Gasteiger partial charge on any atom is -0.497 e. The molecular formula is C21H22ClN3O2S. The van der Waals surface area contributed by atoms with Crippen LogP contribution in [0.1, 0.15) is 12.5 Å². The van der Waals surface area contributed by atoms with Gasteiger partial charge < -0.3 is 10.1 Å². The van der Waals surface area contributed by atoms with E-state index in [1.165, 1.54) is 11.8 Å². The smallest absolute Gasteiger partial charge is 0.233 e. The third-order valence-electron chi connectivity index (χ3n) is 4.23. The summed E-state index contributed by atoms with van der Waals surface area (Å²) in [4.78, 5) is 16.8. The summed E-state index contributed by atoms with van der Waals surface area (Å²) in [6.07, 6.45) is 4.37. The maximum Gasteiger partial charge on any atom is 0.233 e. The molecule has 0 bridgehead atoms. The van der Waals surface area contributed by atoms with Crippen molar-refractivity contribution in [3.63, 3.8) is 0 Å². The highest BCUT2D eigenvalue weighted by atomic mass is 35.5. The topological polar surface area (TPSA) is 56.1 Å². The zero-order valence-electron chi connectivity index (χ0n) is 15.8. The summed E-state index contributed by atoms with van der Waals surface area (Å²) in [6, 6.07) is 15.4. The Morgan fingerprint density at radius 2 is 1.93 bits per heavy atom. The van der Waals surface area contributed by atoms with Gasteiger partial charge in [0.05, 0.1) is 12.4 Å². The van der Waals surface area contributed by atoms with Crippen molar-refractivity contribution in [3.05, 3.63) is 71.5 Å². The number of methoxy groups -OCH3 is 1. The van der Waals surface area contributed by atoms with E-state index in [1.807, 2.05) is 66.2 Å². The maximum atomic E-state index is 12.4. The fourth-order valence-corrected chi connectivity index (χ4v) is 3.69. The minimum absolute atomic E-state index is 0.0100. The molecule has 1 heterocycles. The van der Waals surface area contributed by atoms with Crippen LogP contribution in [0.5, 0.6) is 5.75 Å². The van der Waals surface area contributed by atoms with E-state index in [-0.39, 0.29) is 11.2 Å². The molecule has 3 aromatic rings. The van der Waals surface area contributed by atoms with Crippen LogP contribution in [0.2, 0.25) is 5.02 Å². The van der Waals surface area contributed by atoms with Gasteiger partial charge in [-0.25, -0.2) is 4.98 Å². The fraction of sp³-hybridized carbons (Fsp3) is 0.238. The summed E-state index contributed by atoms with van der Waals surface area (Å²) in [6.45, 7) is 2.47. The SMILES string of the molecule is COc1ccc(CCNC(=O)[C@@H](C)Sc2nccn2-c2ccc(Cl)cc2)cc1. The lowest BCUT2D eigenvalue weighted by atomic mass is 10.1. The predicted octanol–water partition coefficient (Wildman–Crippen LogP) is 4.37. The van der Waals surface area contributed by atoms with Gasteiger partial charge in [-0.3, -0.25) is 9.36 Å². The van der Waals surface area contributed by atoms with E-state index in [0.717, 1.165) is 28.6 Å². The summed E-state index contributed by atoms with van der Waals surface area (Å²) in [5.74, 6) is 0.818. The normalized spacial score (nSPS) is 11.8. The summed E-state index contributed by atoms with van der Waals surface area (Å²) < 4.78 is 7.10. The lowest BCUT2D eigenvalue weighted by Gasteiger charge is -2.13. The largest absolute Gasteiger partial charge is 0.497 e. The number of rotatable bonds is 8. The van der Waals surface area contributed by atoms with Crippen LogP contribution in [-0.2, 0) is 11.2 Å². The van der Waals surface area contributed by atoms with Crippen molar-refractivity contribution < 1.29 is 9.53 Å². The minimum atomic E-state index is -0.260. The first-order valence-corrected chi connectivity index (χ1v) is 10.2. The lowest BCUT2D eigenvalue weighted by molar-refractivity contribution is -0.120. The van der Waals surface area contributed by atoms with Crippen LogP contribution in [0.3, 0.4) is 0 Å². The van der Waals surface area contributed by atoms with Crippen molar-refractivity contribution in [1.82, 2.24) is 14.9 Å². The summed E-state index contributed by atoms with van der Waals surface area (Å²) >= 11 is 7.38. The van der Waals surface area contributed by atoms with Crippen molar-refractivity contribution in [2.45, 2.75) is 23.8 Å². The summed E-state index contributed by atoms with van der Waals surface area (Å²) in [7, 11) is 1.65. The molecule has 7 heteroatoms. The molecule has 3 rings (SSSR count). The van der Waals surface area contributed by atoms with Gasteiger partial charge in [-0.1, -0.05) is 35.5 Å². The number of aromatic nitrogens is 2. The van der Waals surface area contributed by atoms with E-state index in [0.29, 0.717) is 11.6 Å². The highest BCUT2D eigenvalue weighted by molar-refractivity contribution is 8.00. The van der Waals surface area contributed by atoms with Gasteiger partial charge in [0, 0.05) is 29.6 Å². The number of hydrogen-bond acceptors (Lipinski definition) is 4. The number of hydrogen-bond donors (Lipinski definition) is 1. The Hall–Kier alpha value is -2.44. The number of benzene rings is 2. The molecule has 1 atom stereocenters. The van der Waals surface area contributed by atoms with Gasteiger partial charge in [0.2, 0.25) is 5.91 Å². The summed E-state index contributed by atoms with van der Waals surface area (Å²) in [5, 5.41) is 4.18. The van der Waals surface area contributed by atoms with Crippen LogP contribution >= 0.6 is 23.4 Å². The van der Waals surface area contributed by atoms with Crippen molar-refractivity contribution >= 4 is 29.3 Å². The maximum absolute atomic E-state index is 12.4. The average Bonchev–Trinajstić information content (AvgIpc) is 3.17. The Bertz CT molecular complexity index is 910. The van der Waals surface area contributed by atoms with E-state index < -0.39 is 0 Å². The Kier molecular flexibility index (Phi) is 7.01. The molecule has 1 N–H and O–H groups in total. The molecule has 28 heavy (non-hydrogen) atoms. The van der Waals surface area contributed by atoms with Crippen molar-refractivity contribution in [2.24, 2.45) is 0 Å². The van der Waals surface area contributed by atoms with Gasteiger partial charge in [-0.15, -0.1) is 0 Å². The first-order chi connectivity index (χ1) is 13.6. The highest BCUT2D eigenvalue weighted by Crippen LogP contribution is 2.25. The second kappa shape index (κ2) is 9.66. The molecular weight excluding hydrogens is 394 g/mol. The first kappa shape index (κ1) is 20.3. The second-order valence-corrected chi connectivity index (χ2v) is 7.95. The van der Waals surface area contributed by atoms with Gasteiger partial charge in [0.25, 0.3) is 0 Å². The number of halogens is 1. The van der Waals surface area contributed by atoms with Crippen molar-refractivity contribution in [1.29, 1.82) is 0 Å². The van der Waals surface area contributed by atoms with Crippen LogP contribution in [-0.4, -0.2) is 34.4 Å². The Labute approximate surface area is 174 Å². The van der Waals surface area contributed by atoms with Crippen LogP contribution in [0.25, 0.3) is 5.69 Å². The molecule has 0 radical (unpaired) electrons. The van der Waals surface area contributed by atoms with Gasteiger partial charge in [0.15, 0.2) is 5.16 Å². The number of imidazole rings is 1. The quantitative estimate of drug-likeness (QED) is 0.555. The highest BCUT2D eigenvalue weighted by Gasteiger charge is 2.17. The molecule has 0 fully saturated rings. The standard InChI is InChI=1S/C21H22ClN3O2S/c1-15(20(26)23-12-11-16-3-9-19(27-2)10-4-16)28-21-24-13-14-25(21)18-7-5-17(22)6-8-18/h3-10,13-15H,11-12H2,1-2H3,(H,23,26)/t15-/m1/s1. The zero-order chi connectivity index (χ0) is 19.9. The monoisotopic (exact) mass is 415 g/mol. The molecule has 0 aliphatic rings. The number of amides is 1. The molecule has 0 aliphatic carbocycles. The number of nitrogens with one attached hydrogen (secondary N) is 1. The molecule has 1 aromatic heterocycles.